The normalized spacial score (nSPS) is 17.7. The lowest BCUT2D eigenvalue weighted by Gasteiger charge is -2.32. The van der Waals surface area contributed by atoms with Crippen LogP contribution in [0.25, 0.3) is 16.8 Å². The highest BCUT2D eigenvalue weighted by molar-refractivity contribution is 6.04. The van der Waals surface area contributed by atoms with Crippen molar-refractivity contribution in [2.45, 2.75) is 6.42 Å². The molecule has 0 radical (unpaired) electrons. The number of ether oxygens (including phenoxy) is 1. The van der Waals surface area contributed by atoms with Gasteiger partial charge in [-0.3, -0.25) is 10.1 Å². The first-order chi connectivity index (χ1) is 13.3. The number of imidazole rings is 1. The van der Waals surface area contributed by atoms with Crippen molar-refractivity contribution in [2.75, 3.05) is 38.2 Å². The second-order valence-electron chi connectivity index (χ2n) is 6.67. The van der Waals surface area contributed by atoms with Crippen LogP contribution in [-0.4, -0.2) is 63.2 Å². The molecule has 2 aliphatic rings. The van der Waals surface area contributed by atoms with Crippen LogP contribution in [0.15, 0.2) is 53.7 Å². The van der Waals surface area contributed by atoms with Gasteiger partial charge in [-0.2, -0.15) is 5.10 Å². The Balaban J connectivity index is 1.36. The van der Waals surface area contributed by atoms with Gasteiger partial charge in [0.05, 0.1) is 25.6 Å². The van der Waals surface area contributed by atoms with Crippen LogP contribution < -0.4 is 5.32 Å². The summed E-state index contributed by atoms with van der Waals surface area (Å²) in [5, 5.41) is 10.2. The summed E-state index contributed by atoms with van der Waals surface area (Å²) in [7, 11) is 0. The number of morpholine rings is 1. The van der Waals surface area contributed by atoms with Gasteiger partial charge in [0.15, 0.2) is 5.82 Å². The molecule has 0 unspecified atom stereocenters. The van der Waals surface area contributed by atoms with Gasteiger partial charge in [-0.1, -0.05) is 0 Å². The van der Waals surface area contributed by atoms with E-state index in [9.17, 15) is 0 Å². The molecule has 0 atom stereocenters. The number of aliphatic imine (C=N–C) groups is 1. The summed E-state index contributed by atoms with van der Waals surface area (Å²) < 4.78 is 7.46. The minimum absolute atomic E-state index is 0.789. The molecule has 1 saturated heterocycles. The fourth-order valence-electron chi connectivity index (χ4n) is 3.50. The van der Waals surface area contributed by atoms with Gasteiger partial charge in [-0.05, 0) is 18.2 Å². The molecule has 5 heterocycles. The number of pyridine rings is 1. The smallest absolute Gasteiger partial charge is 0.150 e. The Morgan fingerprint density at radius 3 is 2.89 bits per heavy atom. The summed E-state index contributed by atoms with van der Waals surface area (Å²) in [4.78, 5) is 11.6. The summed E-state index contributed by atoms with van der Waals surface area (Å²) >= 11 is 0. The van der Waals surface area contributed by atoms with Crippen LogP contribution in [0, 0.1) is 0 Å². The molecule has 0 amide bonds. The van der Waals surface area contributed by atoms with Crippen molar-refractivity contribution >= 4 is 17.3 Å². The van der Waals surface area contributed by atoms with Crippen molar-refractivity contribution in [2.24, 2.45) is 4.99 Å². The highest BCUT2D eigenvalue weighted by Gasteiger charge is 2.17. The number of hydrogen-bond acceptors (Lipinski definition) is 6. The average Bonchev–Trinajstić information content (AvgIpc) is 3.38. The minimum Gasteiger partial charge on any atom is -0.378 e. The maximum Gasteiger partial charge on any atom is 0.150 e. The number of rotatable bonds is 3. The summed E-state index contributed by atoms with van der Waals surface area (Å²) in [6, 6.07) is 4.05. The Bertz CT molecular complexity index is 996. The molecule has 3 aromatic heterocycles. The fraction of sp³-hybridized carbons (Fsp3) is 0.316. The Morgan fingerprint density at radius 1 is 1.11 bits per heavy atom. The van der Waals surface area contributed by atoms with E-state index in [-0.39, 0.29) is 0 Å². The molecule has 2 aliphatic heterocycles. The van der Waals surface area contributed by atoms with Gasteiger partial charge >= 0.3 is 0 Å². The summed E-state index contributed by atoms with van der Waals surface area (Å²) in [6.07, 6.45) is 10.8. The number of anilines is 1. The maximum atomic E-state index is 5.45. The van der Waals surface area contributed by atoms with Crippen molar-refractivity contribution in [3.63, 3.8) is 0 Å². The number of nitrogens with zero attached hydrogens (tertiary/aromatic N) is 5. The standard InChI is InChI=1S/C19H21N7O/c1-2-19-24-18(13-26(19)12-14(1)15-10-21-22-11-15)23-17-9-16(3-4-20-17)25-5-7-27-8-6-25/h1-2,9-13H,3-8H2,(H,20,23)(H,21,22). The Labute approximate surface area is 156 Å². The second kappa shape index (κ2) is 6.88. The topological polar surface area (TPSA) is 82.8 Å². The van der Waals surface area contributed by atoms with E-state index in [1.807, 2.05) is 35.1 Å². The van der Waals surface area contributed by atoms with Crippen molar-refractivity contribution in [1.82, 2.24) is 24.5 Å². The lowest BCUT2D eigenvalue weighted by molar-refractivity contribution is 0.0522. The first-order valence-corrected chi connectivity index (χ1v) is 9.18. The predicted octanol–water partition coefficient (Wildman–Crippen LogP) is 2.15. The largest absolute Gasteiger partial charge is 0.378 e. The molecule has 0 saturated carbocycles. The first kappa shape index (κ1) is 16.1. The van der Waals surface area contributed by atoms with Crippen LogP contribution >= 0.6 is 0 Å². The number of dihydropyridines is 1. The number of hydrogen-bond donors (Lipinski definition) is 2. The molecule has 5 rings (SSSR count). The van der Waals surface area contributed by atoms with E-state index in [1.165, 1.54) is 5.70 Å². The van der Waals surface area contributed by atoms with Crippen LogP contribution in [-0.2, 0) is 4.74 Å². The van der Waals surface area contributed by atoms with Crippen molar-refractivity contribution < 1.29 is 4.74 Å². The highest BCUT2D eigenvalue weighted by atomic mass is 16.5. The van der Waals surface area contributed by atoms with Crippen LogP contribution in [0.1, 0.15) is 6.42 Å². The molecule has 27 heavy (non-hydrogen) atoms. The zero-order valence-corrected chi connectivity index (χ0v) is 14.9. The third-order valence-corrected chi connectivity index (χ3v) is 4.91. The SMILES string of the molecule is C1=C(N2CCOCC2)CCN=C1Nc1cn2cc(-c3cn[nH]c3)ccc2n1. The Morgan fingerprint density at radius 2 is 2.04 bits per heavy atom. The van der Waals surface area contributed by atoms with Gasteiger partial charge in [0.25, 0.3) is 0 Å². The molecular weight excluding hydrogens is 342 g/mol. The number of amidine groups is 1. The molecule has 0 aliphatic carbocycles. The second-order valence-corrected chi connectivity index (χ2v) is 6.67. The van der Waals surface area contributed by atoms with E-state index >= 15 is 0 Å². The van der Waals surface area contributed by atoms with E-state index < -0.39 is 0 Å². The number of H-pyrrole nitrogens is 1. The minimum atomic E-state index is 0.789. The lowest BCUT2D eigenvalue weighted by atomic mass is 10.2. The van der Waals surface area contributed by atoms with E-state index in [2.05, 4.69) is 42.7 Å². The van der Waals surface area contributed by atoms with Gasteiger partial charge in [0.1, 0.15) is 11.5 Å². The van der Waals surface area contributed by atoms with Gasteiger partial charge in [0.2, 0.25) is 0 Å². The van der Waals surface area contributed by atoms with Crippen molar-refractivity contribution in [3.05, 3.63) is 48.7 Å². The molecule has 0 spiro atoms. The maximum absolute atomic E-state index is 5.45. The molecule has 2 N–H and O–H groups in total. The molecular formula is C19H21N7O. The quantitative estimate of drug-likeness (QED) is 0.745. The third-order valence-electron chi connectivity index (χ3n) is 4.91. The zero-order chi connectivity index (χ0) is 18.1. The average molecular weight is 363 g/mol. The van der Waals surface area contributed by atoms with E-state index in [0.29, 0.717) is 0 Å². The number of fused-ring (bicyclic) bond motifs is 1. The monoisotopic (exact) mass is 363 g/mol. The number of aromatic nitrogens is 4. The molecule has 3 aromatic rings. The summed E-state index contributed by atoms with van der Waals surface area (Å²) in [6.45, 7) is 4.28. The van der Waals surface area contributed by atoms with Crippen LogP contribution in [0.3, 0.4) is 0 Å². The predicted molar refractivity (Wildman–Crippen MR) is 104 cm³/mol. The number of aromatic amines is 1. The van der Waals surface area contributed by atoms with Crippen LogP contribution in [0.2, 0.25) is 0 Å². The molecule has 8 heteroatoms. The van der Waals surface area contributed by atoms with Crippen LogP contribution in [0.5, 0.6) is 0 Å². The summed E-state index contributed by atoms with van der Waals surface area (Å²) in [5.74, 6) is 1.65. The molecule has 0 aromatic carbocycles. The number of nitrogens with one attached hydrogen (secondary N) is 2. The Hall–Kier alpha value is -3.13. The molecule has 1 fully saturated rings. The highest BCUT2D eigenvalue weighted by Crippen LogP contribution is 2.21. The zero-order valence-electron chi connectivity index (χ0n) is 14.9. The molecule has 8 nitrogen and oxygen atoms in total. The van der Waals surface area contributed by atoms with Gasteiger partial charge in [0, 0.05) is 55.3 Å². The lowest BCUT2D eigenvalue weighted by Crippen LogP contribution is -2.37. The van der Waals surface area contributed by atoms with Gasteiger partial charge < -0.3 is 19.4 Å². The van der Waals surface area contributed by atoms with Crippen LogP contribution in [0.4, 0.5) is 5.82 Å². The fourth-order valence-corrected chi connectivity index (χ4v) is 3.50. The van der Waals surface area contributed by atoms with Crippen molar-refractivity contribution in [1.29, 1.82) is 0 Å². The summed E-state index contributed by atoms with van der Waals surface area (Å²) in [5.41, 5.74) is 4.35. The van der Waals surface area contributed by atoms with Crippen molar-refractivity contribution in [3.8, 4) is 11.1 Å². The first-order valence-electron chi connectivity index (χ1n) is 9.18. The van der Waals surface area contributed by atoms with Gasteiger partial charge in [-0.25, -0.2) is 4.98 Å². The molecule has 138 valence electrons. The van der Waals surface area contributed by atoms with E-state index in [1.54, 1.807) is 0 Å². The third kappa shape index (κ3) is 3.31. The van der Waals surface area contributed by atoms with E-state index in [0.717, 1.165) is 67.7 Å². The molecule has 0 bridgehead atoms. The Kier molecular flexibility index (Phi) is 4.10. The van der Waals surface area contributed by atoms with Gasteiger partial charge in [-0.15, -0.1) is 0 Å². The van der Waals surface area contributed by atoms with E-state index in [4.69, 9.17) is 4.74 Å².